The van der Waals surface area contributed by atoms with Gasteiger partial charge in [0.25, 0.3) is 0 Å². The number of hydroxylamine groups is 1. The molecule has 41 heavy (non-hydrogen) atoms. The minimum Gasteiger partial charge on any atom is -0.389 e. The smallest absolute Gasteiger partial charge is 0.389 e. The van der Waals surface area contributed by atoms with Crippen molar-refractivity contribution in [1.29, 1.82) is 0 Å². The number of hydrogen-bond donors (Lipinski definition) is 2. The molecule has 0 aromatic heterocycles. The van der Waals surface area contributed by atoms with Gasteiger partial charge in [-0.2, -0.15) is 0 Å². The molecule has 0 bridgehead atoms. The van der Waals surface area contributed by atoms with Gasteiger partial charge >= 0.3 is 8.80 Å². The van der Waals surface area contributed by atoms with Gasteiger partial charge in [-0.3, -0.25) is 9.32 Å². The van der Waals surface area contributed by atoms with Crippen LogP contribution in [0.5, 0.6) is 0 Å². The highest BCUT2D eigenvalue weighted by atomic mass is 32.2. The van der Waals surface area contributed by atoms with E-state index < -0.39 is 8.80 Å². The average Bonchev–Trinajstić information content (AvgIpc) is 2.95. The van der Waals surface area contributed by atoms with Crippen molar-refractivity contribution in [2.45, 2.75) is 187 Å². The Morgan fingerprint density at radius 1 is 0.732 bits per heavy atom. The summed E-state index contributed by atoms with van der Waals surface area (Å²) in [4.78, 5) is 23.0. The lowest BCUT2D eigenvalue weighted by Crippen LogP contribution is -2.49. The van der Waals surface area contributed by atoms with E-state index in [1.807, 2.05) is 0 Å². The van der Waals surface area contributed by atoms with E-state index >= 15 is 0 Å². The monoisotopic (exact) mass is 615 g/mol. The van der Waals surface area contributed by atoms with Gasteiger partial charge in [-0.05, 0) is 31.6 Å². The molecule has 1 heterocycles. The fraction of sp³-hybridized carbons (Fsp3) is 0.971. The number of rotatable bonds is 28. The number of carbonyl (C=O) groups is 1. The van der Waals surface area contributed by atoms with Gasteiger partial charge in [0.05, 0.1) is 0 Å². The van der Waals surface area contributed by atoms with Crippen molar-refractivity contribution in [3.05, 3.63) is 0 Å². The highest BCUT2D eigenvalue weighted by Gasteiger charge is 2.38. The van der Waals surface area contributed by atoms with Crippen molar-refractivity contribution in [3.8, 4) is 0 Å². The van der Waals surface area contributed by atoms with Crippen LogP contribution in [-0.4, -0.2) is 37.6 Å². The maximum absolute atomic E-state index is 12.2. The van der Waals surface area contributed by atoms with Gasteiger partial charge in [0, 0.05) is 31.4 Å². The van der Waals surface area contributed by atoms with Crippen molar-refractivity contribution in [2.75, 3.05) is 18.9 Å². The molecule has 2 unspecified atom stereocenters. The van der Waals surface area contributed by atoms with Crippen molar-refractivity contribution in [1.82, 2.24) is 5.48 Å². The molecule has 0 amide bonds. The van der Waals surface area contributed by atoms with Gasteiger partial charge in [0.2, 0.25) is 0 Å². The largest absolute Gasteiger partial charge is 0.515 e. The maximum atomic E-state index is 12.2. The number of unbranched alkanes of at least 4 members (excludes halogenated alkanes) is 20. The molecule has 5 nitrogen and oxygen atoms in total. The van der Waals surface area contributed by atoms with Crippen LogP contribution in [-0.2, 0) is 13.7 Å². The Labute approximate surface area is 260 Å². The Hall–Kier alpha value is 0.0769. The Balaban J connectivity index is 1.95. The lowest BCUT2D eigenvalue weighted by atomic mass is 9.97. The molecule has 244 valence electrons. The summed E-state index contributed by atoms with van der Waals surface area (Å²) >= 11 is 1.41. The molecular weight excluding hydrogens is 547 g/mol. The maximum Gasteiger partial charge on any atom is 0.515 e. The Kier molecular flexibility index (Phi) is 27.5. The first kappa shape index (κ1) is 39.1. The van der Waals surface area contributed by atoms with Crippen molar-refractivity contribution in [2.24, 2.45) is 5.92 Å². The van der Waals surface area contributed by atoms with E-state index in [0.717, 1.165) is 31.6 Å². The summed E-state index contributed by atoms with van der Waals surface area (Å²) in [5.41, 5.74) is 3.05. The molecule has 0 spiro atoms. The van der Waals surface area contributed by atoms with E-state index in [1.54, 1.807) is 0 Å². The second kappa shape index (κ2) is 28.8. The lowest BCUT2D eigenvalue weighted by Gasteiger charge is -2.29. The van der Waals surface area contributed by atoms with Gasteiger partial charge in [-0.25, -0.2) is 5.48 Å². The van der Waals surface area contributed by atoms with Gasteiger partial charge < -0.3 is 9.22 Å². The van der Waals surface area contributed by atoms with Crippen LogP contribution >= 0.6 is 11.8 Å². The first-order valence-corrected chi connectivity index (χ1v) is 21.0. The number of thioether (sulfide) groups is 1. The van der Waals surface area contributed by atoms with Gasteiger partial charge in [0.1, 0.15) is 0 Å². The zero-order chi connectivity index (χ0) is 29.7. The molecule has 2 N–H and O–H groups in total. The number of nitrogens with one attached hydrogen (secondary N) is 1. The molecule has 1 rings (SSSR count). The molecule has 0 aromatic rings. The van der Waals surface area contributed by atoms with Crippen molar-refractivity contribution < 1.29 is 18.5 Å². The fourth-order valence-corrected chi connectivity index (χ4v) is 8.48. The van der Waals surface area contributed by atoms with E-state index in [9.17, 15) is 9.59 Å². The normalized spacial score (nSPS) is 19.7. The highest BCUT2D eigenvalue weighted by molar-refractivity contribution is 8.13. The molecule has 2 atom stereocenters. The molecule has 7 heteroatoms. The second-order valence-corrected chi connectivity index (χ2v) is 16.2. The van der Waals surface area contributed by atoms with E-state index in [0.29, 0.717) is 25.0 Å². The van der Waals surface area contributed by atoms with Crippen LogP contribution in [0.2, 0.25) is 6.04 Å². The van der Waals surface area contributed by atoms with Crippen LogP contribution in [0.4, 0.5) is 0 Å². The van der Waals surface area contributed by atoms with Crippen molar-refractivity contribution in [3.63, 3.8) is 0 Å². The zero-order valence-electron chi connectivity index (χ0n) is 27.4. The van der Waals surface area contributed by atoms with E-state index in [4.69, 9.17) is 8.95 Å². The molecule has 1 aliphatic rings. The predicted octanol–water partition coefficient (Wildman–Crippen LogP) is 10.5. The topological polar surface area (TPSA) is 67.8 Å². The molecule has 0 aromatic carbocycles. The molecule has 0 radical (unpaired) electrons. The minimum atomic E-state index is -3.18. The molecular formula is C34H69NO4SSi. The average molecular weight is 616 g/mol. The Bertz CT molecular complexity index is 573. The molecule has 0 aliphatic carbocycles. The summed E-state index contributed by atoms with van der Waals surface area (Å²) in [5.74, 6) is 1.29. The lowest BCUT2D eigenvalue weighted by molar-refractivity contribution is -0.111. The summed E-state index contributed by atoms with van der Waals surface area (Å²) in [5, 5.41) is 0.287. The summed E-state index contributed by atoms with van der Waals surface area (Å²) in [6, 6.07) is 0.516. The number of carbonyl (C=O) groups excluding carboxylic acids is 1. The zero-order valence-corrected chi connectivity index (χ0v) is 29.2. The van der Waals surface area contributed by atoms with Gasteiger partial charge in [-0.15, -0.1) is 0 Å². The fourth-order valence-electron chi connectivity index (χ4n) is 5.74. The van der Waals surface area contributed by atoms with E-state index in [2.05, 4.69) is 19.3 Å². The van der Waals surface area contributed by atoms with Crippen LogP contribution in [0.15, 0.2) is 0 Å². The number of hydrogen-bond acceptors (Lipinski definition) is 6. The highest BCUT2D eigenvalue weighted by Crippen LogP contribution is 2.22. The van der Waals surface area contributed by atoms with Crippen LogP contribution in [0, 0.1) is 5.92 Å². The third-order valence-corrected chi connectivity index (χ3v) is 11.7. The predicted molar refractivity (Wildman–Crippen MR) is 180 cm³/mol. The van der Waals surface area contributed by atoms with E-state index in [-0.39, 0.29) is 5.12 Å². The van der Waals surface area contributed by atoms with Gasteiger partial charge in [-0.1, -0.05) is 160 Å². The van der Waals surface area contributed by atoms with E-state index in [1.165, 1.54) is 153 Å². The van der Waals surface area contributed by atoms with Crippen LogP contribution in [0.3, 0.4) is 0 Å². The third kappa shape index (κ3) is 25.1. The quantitative estimate of drug-likeness (QED) is 0.0674. The summed E-state index contributed by atoms with van der Waals surface area (Å²) in [6.07, 6.45) is 33.1. The molecule has 0 saturated carbocycles. The second-order valence-electron chi connectivity index (χ2n) is 12.6. The van der Waals surface area contributed by atoms with Gasteiger partial charge in [0.15, 0.2) is 5.12 Å². The first-order valence-electron chi connectivity index (χ1n) is 18.0. The van der Waals surface area contributed by atoms with Crippen molar-refractivity contribution >= 4 is 25.7 Å². The summed E-state index contributed by atoms with van der Waals surface area (Å²) in [6.45, 7) is 5.92. The standard InChI is InChI=1S/C34H69NO4SSi/c1-3-5-7-9-11-13-14-15-16-18-19-21-23-26-33-28-29-38-41(37,39-35-32-33)31-25-30-40-34(36)27-24-22-20-17-12-10-8-6-4-2/h33,35,37H,3-32H2,1-2H3. The summed E-state index contributed by atoms with van der Waals surface area (Å²) in [7, 11) is -3.18. The van der Waals surface area contributed by atoms with Crippen LogP contribution < -0.4 is 5.48 Å². The first-order chi connectivity index (χ1) is 20.1. The molecule has 1 saturated heterocycles. The Morgan fingerprint density at radius 3 is 1.76 bits per heavy atom. The van der Waals surface area contributed by atoms with Crippen LogP contribution in [0.25, 0.3) is 0 Å². The van der Waals surface area contributed by atoms with Crippen LogP contribution in [0.1, 0.15) is 181 Å². The Morgan fingerprint density at radius 2 is 1.22 bits per heavy atom. The molecule has 1 fully saturated rings. The summed E-state index contributed by atoms with van der Waals surface area (Å²) < 4.78 is 11.6. The minimum absolute atomic E-state index is 0.287. The molecule has 1 aliphatic heterocycles. The third-order valence-electron chi connectivity index (χ3n) is 8.56. The SMILES string of the molecule is CCCCCCCCCCCCCCCC1CCO[Si](O)(CCCSC(=O)CCCCCCCCCCC)ONC1.